The number of aromatic nitrogens is 1. The molecule has 0 saturated carbocycles. The lowest BCUT2D eigenvalue weighted by Gasteiger charge is -2.05. The molecule has 2 rings (SSSR count). The van der Waals surface area contributed by atoms with E-state index in [1.807, 2.05) is 18.2 Å². The Morgan fingerprint density at radius 3 is 2.60 bits per heavy atom. The summed E-state index contributed by atoms with van der Waals surface area (Å²) >= 11 is 5.71. The number of hydrogen-bond donors (Lipinski definition) is 1. The minimum Gasteiger partial charge on any atom is -0.350 e. The fourth-order valence-electron chi connectivity index (χ4n) is 1.57. The molecule has 4 nitrogen and oxygen atoms in total. The highest BCUT2D eigenvalue weighted by Crippen LogP contribution is 2.06. The number of carbonyl (C=O) groups excluding carboxylic acids is 1. The van der Waals surface area contributed by atoms with Gasteiger partial charge in [0.2, 0.25) is 0 Å². The molecule has 1 aromatic heterocycles. The van der Waals surface area contributed by atoms with Gasteiger partial charge in [-0.3, -0.25) is 9.00 Å². The maximum Gasteiger partial charge on any atom is 0.269 e. The van der Waals surface area contributed by atoms with E-state index in [4.69, 9.17) is 11.6 Å². The number of benzene rings is 1. The number of nitrogens with one attached hydrogen (secondary N) is 1. The molecule has 0 aliphatic heterocycles. The Bertz CT molecular complexity index is 620. The van der Waals surface area contributed by atoms with Gasteiger partial charge >= 0.3 is 0 Å². The van der Waals surface area contributed by atoms with E-state index in [9.17, 15) is 9.00 Å². The number of nitrogens with zero attached hydrogens (tertiary/aromatic N) is 1. The van der Waals surface area contributed by atoms with Crippen LogP contribution in [-0.4, -0.2) is 27.4 Å². The number of halogens is 1. The Hall–Kier alpha value is -1.72. The molecule has 0 spiro atoms. The first kappa shape index (κ1) is 14.7. The average Bonchev–Trinajstić information content (AvgIpc) is 2.48. The molecule has 0 aliphatic rings. The van der Waals surface area contributed by atoms with Crippen LogP contribution in [0, 0.1) is 0 Å². The van der Waals surface area contributed by atoms with Crippen molar-refractivity contribution in [3.05, 3.63) is 59.4 Å². The molecule has 6 heteroatoms. The topological polar surface area (TPSA) is 59.1 Å². The van der Waals surface area contributed by atoms with Crippen molar-refractivity contribution in [2.45, 2.75) is 4.90 Å². The third-order valence-electron chi connectivity index (χ3n) is 2.53. The van der Waals surface area contributed by atoms with Crippen LogP contribution in [0.3, 0.4) is 0 Å². The predicted octanol–water partition coefficient (Wildman–Crippen LogP) is 2.27. The first-order chi connectivity index (χ1) is 9.66. The molecule has 20 heavy (non-hydrogen) atoms. The molecule has 2 aromatic rings. The van der Waals surface area contributed by atoms with E-state index in [0.717, 1.165) is 4.90 Å². The fraction of sp³-hybridized carbons (Fsp3) is 0.143. The number of carbonyl (C=O) groups is 1. The summed E-state index contributed by atoms with van der Waals surface area (Å²) in [5.41, 5.74) is 0.253. The molecule has 0 bridgehead atoms. The van der Waals surface area contributed by atoms with Crippen LogP contribution in [0.2, 0.25) is 5.15 Å². The van der Waals surface area contributed by atoms with Gasteiger partial charge in [0.25, 0.3) is 5.91 Å². The van der Waals surface area contributed by atoms with Gasteiger partial charge in [0.05, 0.1) is 10.8 Å². The van der Waals surface area contributed by atoms with Crippen LogP contribution >= 0.6 is 11.6 Å². The molecule has 1 amide bonds. The quantitative estimate of drug-likeness (QED) is 0.862. The average molecular weight is 309 g/mol. The summed E-state index contributed by atoms with van der Waals surface area (Å²) in [5, 5.41) is 2.94. The Kier molecular flexibility index (Phi) is 5.26. The van der Waals surface area contributed by atoms with Crippen molar-refractivity contribution in [3.8, 4) is 0 Å². The first-order valence-corrected chi connectivity index (χ1v) is 7.70. The second-order valence-corrected chi connectivity index (χ2v) is 5.92. The minimum absolute atomic E-state index is 0.253. The van der Waals surface area contributed by atoms with E-state index in [2.05, 4.69) is 10.3 Å². The second kappa shape index (κ2) is 7.17. The van der Waals surface area contributed by atoms with Gasteiger partial charge in [-0.2, -0.15) is 0 Å². The van der Waals surface area contributed by atoms with Crippen molar-refractivity contribution in [3.63, 3.8) is 0 Å². The van der Waals surface area contributed by atoms with Crippen molar-refractivity contribution in [1.82, 2.24) is 10.3 Å². The molecular weight excluding hydrogens is 296 g/mol. The summed E-state index contributed by atoms with van der Waals surface area (Å²) in [4.78, 5) is 16.4. The Morgan fingerprint density at radius 2 is 1.90 bits per heavy atom. The van der Waals surface area contributed by atoms with Crippen LogP contribution in [0.4, 0.5) is 0 Å². The largest absolute Gasteiger partial charge is 0.350 e. The van der Waals surface area contributed by atoms with Crippen LogP contribution in [-0.2, 0) is 10.8 Å². The highest BCUT2D eigenvalue weighted by atomic mass is 35.5. The monoisotopic (exact) mass is 308 g/mol. The predicted molar refractivity (Wildman–Crippen MR) is 79.3 cm³/mol. The smallest absolute Gasteiger partial charge is 0.269 e. The maximum atomic E-state index is 11.9. The van der Waals surface area contributed by atoms with Crippen LogP contribution in [0.25, 0.3) is 0 Å². The minimum atomic E-state index is -1.12. The summed E-state index contributed by atoms with van der Waals surface area (Å²) < 4.78 is 11.9. The number of hydrogen-bond acceptors (Lipinski definition) is 3. The number of pyridine rings is 1. The normalized spacial score (nSPS) is 11.8. The van der Waals surface area contributed by atoms with Crippen LogP contribution in [0.1, 0.15) is 10.5 Å². The fourth-order valence-corrected chi connectivity index (χ4v) is 2.72. The van der Waals surface area contributed by atoms with E-state index in [1.54, 1.807) is 30.3 Å². The lowest BCUT2D eigenvalue weighted by molar-refractivity contribution is 0.0951. The van der Waals surface area contributed by atoms with Gasteiger partial charge in [-0.25, -0.2) is 4.98 Å². The lowest BCUT2D eigenvalue weighted by atomic mass is 10.3. The molecule has 0 unspecified atom stereocenters. The van der Waals surface area contributed by atoms with Gasteiger partial charge in [-0.15, -0.1) is 0 Å². The number of rotatable bonds is 5. The van der Waals surface area contributed by atoms with E-state index in [1.165, 1.54) is 0 Å². The molecule has 0 aliphatic carbocycles. The molecule has 1 N–H and O–H groups in total. The van der Waals surface area contributed by atoms with Crippen molar-refractivity contribution >= 4 is 28.3 Å². The zero-order valence-electron chi connectivity index (χ0n) is 10.6. The summed E-state index contributed by atoms with van der Waals surface area (Å²) in [6.45, 7) is 0.314. The summed E-state index contributed by atoms with van der Waals surface area (Å²) in [6.07, 6.45) is 0. The van der Waals surface area contributed by atoms with Crippen LogP contribution in [0.5, 0.6) is 0 Å². The third kappa shape index (κ3) is 4.15. The molecule has 1 aromatic carbocycles. The molecular formula is C14H13ClN2O2S. The van der Waals surface area contributed by atoms with Crippen molar-refractivity contribution in [2.24, 2.45) is 0 Å². The van der Waals surface area contributed by atoms with Gasteiger partial charge in [-0.1, -0.05) is 35.9 Å². The van der Waals surface area contributed by atoms with Gasteiger partial charge in [-0.05, 0) is 24.3 Å². The van der Waals surface area contributed by atoms with E-state index >= 15 is 0 Å². The second-order valence-electron chi connectivity index (χ2n) is 3.96. The molecule has 104 valence electrons. The van der Waals surface area contributed by atoms with Crippen LogP contribution < -0.4 is 5.32 Å². The van der Waals surface area contributed by atoms with Gasteiger partial charge in [0.1, 0.15) is 10.8 Å². The molecule has 1 heterocycles. The van der Waals surface area contributed by atoms with Crippen molar-refractivity contribution in [2.75, 3.05) is 12.3 Å². The zero-order chi connectivity index (χ0) is 14.4. The molecule has 0 fully saturated rings. The maximum absolute atomic E-state index is 11.9. The third-order valence-corrected chi connectivity index (χ3v) is 4.11. The van der Waals surface area contributed by atoms with E-state index < -0.39 is 10.8 Å². The molecule has 1 atom stereocenters. The lowest BCUT2D eigenvalue weighted by Crippen LogP contribution is -2.28. The highest BCUT2D eigenvalue weighted by molar-refractivity contribution is 7.85. The zero-order valence-corrected chi connectivity index (χ0v) is 12.2. The van der Waals surface area contributed by atoms with Crippen molar-refractivity contribution < 1.29 is 9.00 Å². The first-order valence-electron chi connectivity index (χ1n) is 6.01. The number of amides is 1. The SMILES string of the molecule is O=C(NCC[S@@](=O)c1ccccc1)c1cccc(Cl)n1. The summed E-state index contributed by atoms with van der Waals surface area (Å²) in [7, 11) is -1.12. The molecule has 0 radical (unpaired) electrons. The van der Waals surface area contributed by atoms with Crippen molar-refractivity contribution in [1.29, 1.82) is 0 Å². The van der Waals surface area contributed by atoms with Gasteiger partial charge < -0.3 is 5.32 Å². The Labute approximate surface area is 124 Å². The summed E-state index contributed by atoms with van der Waals surface area (Å²) in [5.74, 6) is 0.0358. The van der Waals surface area contributed by atoms with E-state index in [0.29, 0.717) is 12.3 Å². The Morgan fingerprint density at radius 1 is 1.15 bits per heavy atom. The summed E-state index contributed by atoms with van der Waals surface area (Å²) in [6, 6.07) is 14.0. The Balaban J connectivity index is 1.84. The standard InChI is InChI=1S/C14H13ClN2O2S/c15-13-8-4-7-12(17-13)14(18)16-9-10-20(19)11-5-2-1-3-6-11/h1-8H,9-10H2,(H,16,18)/t20-/m1/s1. The van der Waals surface area contributed by atoms with E-state index in [-0.39, 0.29) is 16.8 Å². The highest BCUT2D eigenvalue weighted by Gasteiger charge is 2.08. The van der Waals surface area contributed by atoms with Gasteiger partial charge in [0, 0.05) is 17.2 Å². The van der Waals surface area contributed by atoms with Gasteiger partial charge in [0.15, 0.2) is 0 Å². The molecule has 0 saturated heterocycles. The van der Waals surface area contributed by atoms with Crippen LogP contribution in [0.15, 0.2) is 53.4 Å².